The Morgan fingerprint density at radius 2 is 2.03 bits per heavy atom. The Kier molecular flexibility index (Phi) is 8.28. The highest BCUT2D eigenvalue weighted by Crippen LogP contribution is 2.37. The van der Waals surface area contributed by atoms with Crippen LogP contribution in [0.4, 0.5) is 0 Å². The van der Waals surface area contributed by atoms with E-state index in [2.05, 4.69) is 5.32 Å². The zero-order valence-corrected chi connectivity index (χ0v) is 19.1. The molecule has 1 heterocycles. The first-order chi connectivity index (χ1) is 14.9. The Hall–Kier alpha value is -2.16. The van der Waals surface area contributed by atoms with Crippen molar-refractivity contribution in [2.24, 2.45) is 0 Å². The quantitative estimate of drug-likeness (QED) is 0.567. The number of rotatable bonds is 10. The fourth-order valence-electron chi connectivity index (χ4n) is 3.81. The molecule has 1 aromatic carbocycles. The summed E-state index contributed by atoms with van der Waals surface area (Å²) >= 11 is 0. The van der Waals surface area contributed by atoms with E-state index in [1.807, 2.05) is 24.0 Å². The summed E-state index contributed by atoms with van der Waals surface area (Å²) in [5, 5.41) is 3.24. The molecule has 2 fully saturated rings. The van der Waals surface area contributed by atoms with Crippen molar-refractivity contribution in [3.8, 4) is 5.75 Å². The minimum atomic E-state index is -0.448. The minimum absolute atomic E-state index is 0.0261. The van der Waals surface area contributed by atoms with Gasteiger partial charge in [-0.3, -0.25) is 9.59 Å². The van der Waals surface area contributed by atoms with E-state index >= 15 is 0 Å². The van der Waals surface area contributed by atoms with Crippen molar-refractivity contribution in [3.05, 3.63) is 29.3 Å². The van der Waals surface area contributed by atoms with E-state index in [1.165, 1.54) is 4.90 Å². The van der Waals surface area contributed by atoms with Gasteiger partial charge in [-0.05, 0) is 37.5 Å². The summed E-state index contributed by atoms with van der Waals surface area (Å²) < 4.78 is 16.8. The summed E-state index contributed by atoms with van der Waals surface area (Å²) in [6.07, 6.45) is 2.29. The van der Waals surface area contributed by atoms with Crippen LogP contribution in [0, 0.1) is 0 Å². The van der Waals surface area contributed by atoms with Gasteiger partial charge in [0.05, 0.1) is 24.8 Å². The van der Waals surface area contributed by atoms with Gasteiger partial charge in [-0.2, -0.15) is 0 Å². The molecule has 31 heavy (non-hydrogen) atoms. The number of hydrogen-bond donors (Lipinski definition) is 1. The largest absolute Gasteiger partial charge is 0.493 e. The Labute approximate surface area is 184 Å². The fourth-order valence-corrected chi connectivity index (χ4v) is 3.81. The number of morpholine rings is 1. The van der Waals surface area contributed by atoms with Gasteiger partial charge in [0, 0.05) is 53.4 Å². The highest BCUT2D eigenvalue weighted by Gasteiger charge is 2.40. The van der Waals surface area contributed by atoms with E-state index in [9.17, 15) is 9.59 Å². The number of hydrogen-bond acceptors (Lipinski definition) is 6. The monoisotopic (exact) mass is 433 g/mol. The van der Waals surface area contributed by atoms with Crippen LogP contribution < -0.4 is 10.1 Å². The van der Waals surface area contributed by atoms with Crippen LogP contribution in [0.3, 0.4) is 0 Å². The number of ether oxygens (including phenoxy) is 3. The molecule has 2 amide bonds. The zero-order valence-electron chi connectivity index (χ0n) is 19.1. The molecule has 1 aliphatic carbocycles. The third-order valence-electron chi connectivity index (χ3n) is 5.69. The highest BCUT2D eigenvalue weighted by atomic mass is 16.5. The first kappa shape index (κ1) is 23.5. The zero-order chi connectivity index (χ0) is 22.4. The van der Waals surface area contributed by atoms with E-state index in [-0.39, 0.29) is 23.9 Å². The number of nitrogens with zero attached hydrogens (tertiary/aromatic N) is 2. The Morgan fingerprint density at radius 1 is 1.26 bits per heavy atom. The average molecular weight is 434 g/mol. The molecule has 8 heteroatoms. The Balaban J connectivity index is 1.83. The average Bonchev–Trinajstić information content (AvgIpc) is 3.61. The maximum absolute atomic E-state index is 13.2. The molecule has 1 saturated carbocycles. The normalized spacial score (nSPS) is 19.5. The van der Waals surface area contributed by atoms with Crippen LogP contribution in [0.15, 0.2) is 18.2 Å². The molecule has 3 rings (SSSR count). The van der Waals surface area contributed by atoms with Crippen LogP contribution in [0.25, 0.3) is 0 Å². The molecule has 0 bridgehead atoms. The number of carbonyl (C=O) groups excluding carboxylic acids is 2. The number of carbonyl (C=O) groups is 2. The summed E-state index contributed by atoms with van der Waals surface area (Å²) in [7, 11) is 5.09. The van der Waals surface area contributed by atoms with E-state index in [1.54, 1.807) is 27.3 Å². The van der Waals surface area contributed by atoms with Gasteiger partial charge in [-0.25, -0.2) is 0 Å². The van der Waals surface area contributed by atoms with Crippen LogP contribution in [-0.2, 0) is 14.3 Å². The van der Waals surface area contributed by atoms with Crippen molar-refractivity contribution in [2.45, 2.75) is 44.4 Å². The molecule has 172 valence electrons. The van der Waals surface area contributed by atoms with Gasteiger partial charge < -0.3 is 29.3 Å². The first-order valence-corrected chi connectivity index (χ1v) is 11.1. The first-order valence-electron chi connectivity index (χ1n) is 11.1. The summed E-state index contributed by atoms with van der Waals surface area (Å²) in [6, 6.07) is 5.72. The highest BCUT2D eigenvalue weighted by molar-refractivity contribution is 5.96. The lowest BCUT2D eigenvalue weighted by Crippen LogP contribution is -2.50. The lowest BCUT2D eigenvalue weighted by Gasteiger charge is -2.34. The SMILES string of the molecule is COCCCOc1cc(C(C)N(C(=O)[C@H]2CNCCO2)C2CC2)ccc1C(=O)N(C)C. The number of nitrogens with one attached hydrogen (secondary N) is 1. The lowest BCUT2D eigenvalue weighted by atomic mass is 10.0. The molecule has 2 aliphatic rings. The minimum Gasteiger partial charge on any atom is -0.493 e. The van der Waals surface area contributed by atoms with Crippen LogP contribution >= 0.6 is 0 Å². The van der Waals surface area contributed by atoms with Crippen LogP contribution in [0.2, 0.25) is 0 Å². The maximum Gasteiger partial charge on any atom is 0.257 e. The van der Waals surface area contributed by atoms with E-state index in [0.717, 1.165) is 31.4 Å². The van der Waals surface area contributed by atoms with Crippen LogP contribution in [0.1, 0.15) is 48.1 Å². The van der Waals surface area contributed by atoms with Crippen molar-refractivity contribution in [1.29, 1.82) is 0 Å². The third-order valence-corrected chi connectivity index (χ3v) is 5.69. The van der Waals surface area contributed by atoms with Gasteiger partial charge >= 0.3 is 0 Å². The second-order valence-electron chi connectivity index (χ2n) is 8.37. The maximum atomic E-state index is 13.2. The molecule has 0 spiro atoms. The topological polar surface area (TPSA) is 80.3 Å². The van der Waals surface area contributed by atoms with E-state index < -0.39 is 6.10 Å². The summed E-state index contributed by atoms with van der Waals surface area (Å²) in [5.41, 5.74) is 1.46. The van der Waals surface area contributed by atoms with Crippen LogP contribution in [0.5, 0.6) is 5.75 Å². The number of methoxy groups -OCH3 is 1. The molecule has 2 atom stereocenters. The molecule has 0 radical (unpaired) electrons. The van der Waals surface area contributed by atoms with Crippen molar-refractivity contribution >= 4 is 11.8 Å². The van der Waals surface area contributed by atoms with Gasteiger partial charge in [0.1, 0.15) is 11.9 Å². The molecule has 1 aliphatic heterocycles. The standard InChI is InChI=1S/C23H35N3O5/c1-16(26(18-7-8-18)23(28)21-15-24-10-13-31-21)17-6-9-19(22(27)25(2)3)20(14-17)30-12-5-11-29-4/h6,9,14,16,18,21,24H,5,7-8,10-13,15H2,1-4H3/t16?,21-/m1/s1. The Morgan fingerprint density at radius 3 is 2.65 bits per heavy atom. The molecule has 1 N–H and O–H groups in total. The second-order valence-corrected chi connectivity index (χ2v) is 8.37. The molecule has 0 aromatic heterocycles. The van der Waals surface area contributed by atoms with Gasteiger partial charge in [0.15, 0.2) is 0 Å². The second kappa shape index (κ2) is 10.9. The molecule has 1 unspecified atom stereocenters. The predicted molar refractivity (Wildman–Crippen MR) is 117 cm³/mol. The van der Waals surface area contributed by atoms with E-state index in [4.69, 9.17) is 14.2 Å². The predicted octanol–water partition coefficient (Wildman–Crippen LogP) is 1.84. The third kappa shape index (κ3) is 5.96. The summed E-state index contributed by atoms with van der Waals surface area (Å²) in [4.78, 5) is 29.4. The number of amides is 2. The Bertz CT molecular complexity index is 760. The molecule has 8 nitrogen and oxygen atoms in total. The smallest absolute Gasteiger partial charge is 0.257 e. The summed E-state index contributed by atoms with van der Waals surface area (Å²) in [5.74, 6) is 0.453. The van der Waals surface area contributed by atoms with Gasteiger partial charge in [0.2, 0.25) is 0 Å². The number of benzene rings is 1. The van der Waals surface area contributed by atoms with Crippen LogP contribution in [-0.4, -0.2) is 87.9 Å². The lowest BCUT2D eigenvalue weighted by molar-refractivity contribution is -0.148. The fraction of sp³-hybridized carbons (Fsp3) is 0.652. The molecular weight excluding hydrogens is 398 g/mol. The molecule has 1 saturated heterocycles. The van der Waals surface area contributed by atoms with E-state index in [0.29, 0.717) is 37.7 Å². The summed E-state index contributed by atoms with van der Waals surface area (Å²) in [6.45, 7) is 4.93. The van der Waals surface area contributed by atoms with Crippen molar-refractivity contribution in [1.82, 2.24) is 15.1 Å². The van der Waals surface area contributed by atoms with Crippen molar-refractivity contribution in [2.75, 3.05) is 54.1 Å². The van der Waals surface area contributed by atoms with Crippen molar-refractivity contribution in [3.63, 3.8) is 0 Å². The van der Waals surface area contributed by atoms with Gasteiger partial charge in [-0.1, -0.05) is 6.07 Å². The molecular formula is C23H35N3O5. The van der Waals surface area contributed by atoms with Gasteiger partial charge in [-0.15, -0.1) is 0 Å². The van der Waals surface area contributed by atoms with Crippen molar-refractivity contribution < 1.29 is 23.8 Å². The van der Waals surface area contributed by atoms with Gasteiger partial charge in [0.25, 0.3) is 11.8 Å². The molecule has 1 aromatic rings.